The van der Waals surface area contributed by atoms with Crippen molar-refractivity contribution in [2.75, 3.05) is 7.11 Å². The Hall–Kier alpha value is -1.57. The number of ether oxygens (including phenoxy) is 1. The van der Waals surface area contributed by atoms with Gasteiger partial charge in [0.1, 0.15) is 0 Å². The highest BCUT2D eigenvalue weighted by Gasteiger charge is 2.24. The Balaban J connectivity index is 2.44. The molecular formula is C12H12O2. The molecule has 0 aromatic heterocycles. The standard InChI is InChI=1S/C12H12O2/c1-14-12-10(7-8-11(12)13)9-5-3-2-4-6-9/h2-6H,7-8H2,1H3. The van der Waals surface area contributed by atoms with Gasteiger partial charge in [-0.3, -0.25) is 4.79 Å². The molecule has 0 radical (unpaired) electrons. The maximum absolute atomic E-state index is 11.4. The number of Topliss-reactive ketones (excluding diaryl/α,β-unsaturated/α-hetero) is 1. The van der Waals surface area contributed by atoms with Crippen LogP contribution in [0.3, 0.4) is 0 Å². The van der Waals surface area contributed by atoms with Gasteiger partial charge in [-0.2, -0.15) is 0 Å². The maximum atomic E-state index is 11.4. The first kappa shape index (κ1) is 9.00. The maximum Gasteiger partial charge on any atom is 0.197 e. The Morgan fingerprint density at radius 2 is 1.86 bits per heavy atom. The van der Waals surface area contributed by atoms with Crippen LogP contribution >= 0.6 is 0 Å². The number of hydrogen-bond donors (Lipinski definition) is 0. The quantitative estimate of drug-likeness (QED) is 0.712. The summed E-state index contributed by atoms with van der Waals surface area (Å²) >= 11 is 0. The topological polar surface area (TPSA) is 26.3 Å². The number of hydrogen-bond acceptors (Lipinski definition) is 2. The molecule has 1 aromatic rings. The predicted octanol–water partition coefficient (Wildman–Crippen LogP) is 2.41. The van der Waals surface area contributed by atoms with Gasteiger partial charge in [-0.25, -0.2) is 0 Å². The first-order valence-electron chi connectivity index (χ1n) is 4.68. The second-order valence-corrected chi connectivity index (χ2v) is 3.30. The van der Waals surface area contributed by atoms with Gasteiger partial charge < -0.3 is 4.74 Å². The SMILES string of the molecule is COC1=C(c2ccccc2)CCC1=O. The van der Waals surface area contributed by atoms with E-state index < -0.39 is 0 Å². The summed E-state index contributed by atoms with van der Waals surface area (Å²) in [5, 5.41) is 0. The van der Waals surface area contributed by atoms with E-state index in [9.17, 15) is 4.79 Å². The molecule has 0 amide bonds. The first-order valence-corrected chi connectivity index (χ1v) is 4.68. The number of carbonyl (C=O) groups excluding carboxylic acids is 1. The van der Waals surface area contributed by atoms with Gasteiger partial charge in [0.25, 0.3) is 0 Å². The molecule has 0 spiro atoms. The number of allylic oxidation sites excluding steroid dienone is 2. The summed E-state index contributed by atoms with van der Waals surface area (Å²) < 4.78 is 5.12. The van der Waals surface area contributed by atoms with Gasteiger partial charge in [0.15, 0.2) is 11.5 Å². The molecule has 1 aromatic carbocycles. The average molecular weight is 188 g/mol. The summed E-state index contributed by atoms with van der Waals surface area (Å²) in [7, 11) is 1.56. The fourth-order valence-corrected chi connectivity index (χ4v) is 1.79. The number of benzene rings is 1. The van der Waals surface area contributed by atoms with E-state index in [0.29, 0.717) is 12.2 Å². The zero-order chi connectivity index (χ0) is 9.97. The molecule has 1 aliphatic rings. The summed E-state index contributed by atoms with van der Waals surface area (Å²) in [6.45, 7) is 0. The van der Waals surface area contributed by atoms with Crippen molar-refractivity contribution in [2.24, 2.45) is 0 Å². The molecule has 2 heteroatoms. The number of rotatable bonds is 2. The summed E-state index contributed by atoms with van der Waals surface area (Å²) in [6.07, 6.45) is 1.37. The molecule has 72 valence electrons. The molecule has 0 atom stereocenters. The van der Waals surface area contributed by atoms with Gasteiger partial charge in [-0.1, -0.05) is 30.3 Å². The first-order chi connectivity index (χ1) is 6.83. The molecule has 0 aliphatic heterocycles. The Kier molecular flexibility index (Phi) is 2.35. The summed E-state index contributed by atoms with van der Waals surface area (Å²) in [6, 6.07) is 9.92. The lowest BCUT2D eigenvalue weighted by molar-refractivity contribution is -0.117. The minimum atomic E-state index is 0.117. The van der Waals surface area contributed by atoms with Crippen molar-refractivity contribution in [1.29, 1.82) is 0 Å². The van der Waals surface area contributed by atoms with Crippen LogP contribution in [0.1, 0.15) is 18.4 Å². The van der Waals surface area contributed by atoms with Gasteiger partial charge >= 0.3 is 0 Å². The highest BCUT2D eigenvalue weighted by atomic mass is 16.5. The van der Waals surface area contributed by atoms with Crippen LogP contribution in [0.25, 0.3) is 5.57 Å². The number of carbonyl (C=O) groups is 1. The van der Waals surface area contributed by atoms with Crippen molar-refractivity contribution in [3.05, 3.63) is 41.7 Å². The van der Waals surface area contributed by atoms with Crippen molar-refractivity contribution in [2.45, 2.75) is 12.8 Å². The van der Waals surface area contributed by atoms with Crippen LogP contribution in [-0.2, 0) is 9.53 Å². The van der Waals surface area contributed by atoms with Crippen molar-refractivity contribution >= 4 is 11.4 Å². The molecule has 2 nitrogen and oxygen atoms in total. The van der Waals surface area contributed by atoms with E-state index in [1.54, 1.807) is 7.11 Å². The molecule has 2 rings (SSSR count). The van der Waals surface area contributed by atoms with Crippen LogP contribution in [0.4, 0.5) is 0 Å². The average Bonchev–Trinajstić information content (AvgIpc) is 2.61. The van der Waals surface area contributed by atoms with E-state index in [1.807, 2.05) is 30.3 Å². The molecule has 0 N–H and O–H groups in total. The van der Waals surface area contributed by atoms with Gasteiger partial charge in [0.2, 0.25) is 0 Å². The summed E-state index contributed by atoms with van der Waals surface area (Å²) in [5.74, 6) is 0.655. The fourth-order valence-electron chi connectivity index (χ4n) is 1.79. The second kappa shape index (κ2) is 3.66. The van der Waals surface area contributed by atoms with E-state index in [4.69, 9.17) is 4.74 Å². The highest BCUT2D eigenvalue weighted by molar-refractivity contribution is 6.05. The minimum Gasteiger partial charge on any atom is -0.493 e. The van der Waals surface area contributed by atoms with Crippen LogP contribution in [-0.4, -0.2) is 12.9 Å². The molecule has 0 heterocycles. The number of ketones is 1. The van der Waals surface area contributed by atoms with Crippen molar-refractivity contribution in [1.82, 2.24) is 0 Å². The Morgan fingerprint density at radius 1 is 1.14 bits per heavy atom. The largest absolute Gasteiger partial charge is 0.493 e. The third-order valence-corrected chi connectivity index (χ3v) is 2.46. The second-order valence-electron chi connectivity index (χ2n) is 3.30. The molecular weight excluding hydrogens is 176 g/mol. The van der Waals surface area contributed by atoms with Gasteiger partial charge in [0, 0.05) is 12.0 Å². The normalized spacial score (nSPS) is 16.2. The van der Waals surface area contributed by atoms with E-state index in [-0.39, 0.29) is 5.78 Å². The molecule has 0 fully saturated rings. The molecule has 14 heavy (non-hydrogen) atoms. The predicted molar refractivity (Wildman–Crippen MR) is 54.6 cm³/mol. The lowest BCUT2D eigenvalue weighted by atomic mass is 10.1. The molecule has 0 saturated carbocycles. The lowest BCUT2D eigenvalue weighted by Crippen LogP contribution is -1.98. The molecule has 0 bridgehead atoms. The monoisotopic (exact) mass is 188 g/mol. The summed E-state index contributed by atoms with van der Waals surface area (Å²) in [4.78, 5) is 11.4. The molecule has 0 unspecified atom stereocenters. The fraction of sp³-hybridized carbons (Fsp3) is 0.250. The molecule has 1 aliphatic carbocycles. The molecule has 0 saturated heterocycles. The Morgan fingerprint density at radius 3 is 2.50 bits per heavy atom. The Labute approximate surface area is 83.2 Å². The van der Waals surface area contributed by atoms with E-state index in [1.165, 1.54) is 0 Å². The van der Waals surface area contributed by atoms with Crippen LogP contribution in [0.5, 0.6) is 0 Å². The lowest BCUT2D eigenvalue weighted by Gasteiger charge is -2.04. The number of methoxy groups -OCH3 is 1. The zero-order valence-corrected chi connectivity index (χ0v) is 8.12. The smallest absolute Gasteiger partial charge is 0.197 e. The van der Waals surface area contributed by atoms with Crippen molar-refractivity contribution in [3.63, 3.8) is 0 Å². The van der Waals surface area contributed by atoms with Gasteiger partial charge in [0.05, 0.1) is 7.11 Å². The Bertz CT molecular complexity index is 377. The van der Waals surface area contributed by atoms with Crippen LogP contribution < -0.4 is 0 Å². The van der Waals surface area contributed by atoms with E-state index >= 15 is 0 Å². The van der Waals surface area contributed by atoms with Gasteiger partial charge in [-0.15, -0.1) is 0 Å². The third-order valence-electron chi connectivity index (χ3n) is 2.46. The van der Waals surface area contributed by atoms with Gasteiger partial charge in [-0.05, 0) is 12.0 Å². The van der Waals surface area contributed by atoms with Crippen LogP contribution in [0.2, 0.25) is 0 Å². The zero-order valence-electron chi connectivity index (χ0n) is 8.12. The minimum absolute atomic E-state index is 0.117. The highest BCUT2D eigenvalue weighted by Crippen LogP contribution is 2.31. The van der Waals surface area contributed by atoms with E-state index in [2.05, 4.69) is 0 Å². The van der Waals surface area contributed by atoms with Crippen molar-refractivity contribution < 1.29 is 9.53 Å². The third kappa shape index (κ3) is 1.43. The van der Waals surface area contributed by atoms with Crippen LogP contribution in [0.15, 0.2) is 36.1 Å². The van der Waals surface area contributed by atoms with E-state index in [0.717, 1.165) is 17.6 Å². The van der Waals surface area contributed by atoms with Crippen molar-refractivity contribution in [3.8, 4) is 0 Å². The summed E-state index contributed by atoms with van der Waals surface area (Å²) in [5.41, 5.74) is 2.13. The van der Waals surface area contributed by atoms with Crippen LogP contribution in [0, 0.1) is 0 Å².